The van der Waals surface area contributed by atoms with Gasteiger partial charge >= 0.3 is 0 Å². The Bertz CT molecular complexity index is 485. The van der Waals surface area contributed by atoms with E-state index in [1.807, 2.05) is 41.5 Å². The van der Waals surface area contributed by atoms with Crippen molar-refractivity contribution in [1.82, 2.24) is 10.6 Å². The van der Waals surface area contributed by atoms with Crippen LogP contribution in [-0.2, 0) is 19.1 Å². The summed E-state index contributed by atoms with van der Waals surface area (Å²) in [6.07, 6.45) is 0. The highest BCUT2D eigenvalue weighted by molar-refractivity contribution is 8.77. The molecule has 0 radical (unpaired) electrons. The van der Waals surface area contributed by atoms with Crippen molar-refractivity contribution in [1.29, 1.82) is 0 Å². The highest BCUT2D eigenvalue weighted by Gasteiger charge is 2.19. The molecule has 0 saturated heterocycles. The Labute approximate surface area is 165 Å². The lowest BCUT2D eigenvalue weighted by atomic mass is 10.2. The number of carbonyl (C=O) groups excluding carboxylic acids is 2. The van der Waals surface area contributed by atoms with Gasteiger partial charge in [-0.25, -0.2) is 0 Å². The standard InChI is InChI=1S/C18H32N2O4S2/c1-14(2)8-7-9-19-16(21)12-23-10-11-24-18(5,6)26-25-13-20-17(22)15(3)4/h14-15H,9-13H2,1-6H3,(H,19,21)(H,20,22). The van der Waals surface area contributed by atoms with Gasteiger partial charge in [0.1, 0.15) is 11.5 Å². The van der Waals surface area contributed by atoms with E-state index in [0.29, 0.717) is 31.6 Å². The fraction of sp³-hybridized carbons (Fsp3) is 0.778. The lowest BCUT2D eigenvalue weighted by Crippen LogP contribution is -2.29. The molecule has 2 N–H and O–H groups in total. The van der Waals surface area contributed by atoms with Gasteiger partial charge in [0.15, 0.2) is 0 Å². The van der Waals surface area contributed by atoms with E-state index in [9.17, 15) is 9.59 Å². The van der Waals surface area contributed by atoms with E-state index >= 15 is 0 Å². The molecular weight excluding hydrogens is 372 g/mol. The Hall–Kier alpha value is -0.880. The number of hydrogen-bond donors (Lipinski definition) is 2. The second-order valence-electron chi connectivity index (χ2n) is 6.59. The monoisotopic (exact) mass is 404 g/mol. The molecule has 0 rings (SSSR count). The number of hydrogen-bond acceptors (Lipinski definition) is 6. The molecular formula is C18H32N2O4S2. The van der Waals surface area contributed by atoms with E-state index in [1.54, 1.807) is 10.8 Å². The molecule has 0 unspecified atom stereocenters. The zero-order valence-electron chi connectivity index (χ0n) is 16.6. The van der Waals surface area contributed by atoms with Crippen LogP contribution in [0.1, 0.15) is 41.5 Å². The summed E-state index contributed by atoms with van der Waals surface area (Å²) in [4.78, 5) is 22.6. The zero-order valence-corrected chi connectivity index (χ0v) is 18.3. The highest BCUT2D eigenvalue weighted by atomic mass is 33.1. The van der Waals surface area contributed by atoms with Crippen molar-refractivity contribution in [3.8, 4) is 11.8 Å². The predicted molar refractivity (Wildman–Crippen MR) is 110 cm³/mol. The van der Waals surface area contributed by atoms with E-state index < -0.39 is 4.93 Å². The summed E-state index contributed by atoms with van der Waals surface area (Å²) in [5.74, 6) is 6.53. The van der Waals surface area contributed by atoms with Crippen LogP contribution in [0.25, 0.3) is 0 Å². The summed E-state index contributed by atoms with van der Waals surface area (Å²) >= 11 is 0. The molecule has 0 aliphatic heterocycles. The Morgan fingerprint density at radius 1 is 1.12 bits per heavy atom. The number of amides is 2. The molecule has 0 aromatic heterocycles. The minimum Gasteiger partial charge on any atom is -0.369 e. The molecule has 0 bridgehead atoms. The van der Waals surface area contributed by atoms with Crippen molar-refractivity contribution < 1.29 is 19.1 Å². The van der Waals surface area contributed by atoms with Gasteiger partial charge in [-0.05, 0) is 13.8 Å². The van der Waals surface area contributed by atoms with Gasteiger partial charge in [0.2, 0.25) is 11.8 Å². The maximum atomic E-state index is 11.5. The first kappa shape index (κ1) is 25.1. The van der Waals surface area contributed by atoms with Crippen LogP contribution in [0.5, 0.6) is 0 Å². The van der Waals surface area contributed by atoms with Crippen LogP contribution in [0, 0.1) is 23.7 Å². The van der Waals surface area contributed by atoms with E-state index in [4.69, 9.17) is 9.47 Å². The fourth-order valence-electron chi connectivity index (χ4n) is 1.46. The minimum atomic E-state index is -0.411. The molecule has 0 aromatic carbocycles. The summed E-state index contributed by atoms with van der Waals surface area (Å²) in [7, 11) is 3.07. The first-order valence-corrected chi connectivity index (χ1v) is 11.0. The second kappa shape index (κ2) is 14.2. The second-order valence-corrected chi connectivity index (χ2v) is 9.48. The molecule has 0 aromatic rings. The van der Waals surface area contributed by atoms with E-state index in [0.717, 1.165) is 0 Å². The van der Waals surface area contributed by atoms with Crippen LogP contribution in [0.4, 0.5) is 0 Å². The summed E-state index contributed by atoms with van der Waals surface area (Å²) in [5, 5.41) is 5.52. The van der Waals surface area contributed by atoms with Crippen LogP contribution >= 0.6 is 21.6 Å². The third-order valence-electron chi connectivity index (χ3n) is 2.76. The van der Waals surface area contributed by atoms with Crippen molar-refractivity contribution >= 4 is 33.4 Å². The Morgan fingerprint density at radius 3 is 2.42 bits per heavy atom. The predicted octanol–water partition coefficient (Wildman–Crippen LogP) is 2.64. The first-order valence-electron chi connectivity index (χ1n) is 8.69. The topological polar surface area (TPSA) is 76.7 Å². The molecule has 150 valence electrons. The molecule has 0 spiro atoms. The molecule has 0 atom stereocenters. The van der Waals surface area contributed by atoms with Gasteiger partial charge in [0, 0.05) is 11.8 Å². The number of nitrogens with one attached hydrogen (secondary N) is 2. The minimum absolute atomic E-state index is 0.00370. The smallest absolute Gasteiger partial charge is 0.246 e. The number of carbonyl (C=O) groups is 2. The van der Waals surface area contributed by atoms with Gasteiger partial charge in [0.05, 0.1) is 25.6 Å². The quantitative estimate of drug-likeness (QED) is 0.225. The Balaban J connectivity index is 3.70. The molecule has 2 amide bonds. The molecule has 0 heterocycles. The first-order chi connectivity index (χ1) is 12.1. The van der Waals surface area contributed by atoms with Crippen molar-refractivity contribution in [2.75, 3.05) is 32.2 Å². The lowest BCUT2D eigenvalue weighted by Gasteiger charge is -2.24. The van der Waals surface area contributed by atoms with E-state index in [-0.39, 0.29) is 24.3 Å². The molecule has 8 heteroatoms. The Morgan fingerprint density at radius 2 is 1.81 bits per heavy atom. The van der Waals surface area contributed by atoms with Gasteiger partial charge in [-0.1, -0.05) is 61.1 Å². The lowest BCUT2D eigenvalue weighted by molar-refractivity contribution is -0.126. The Kier molecular flexibility index (Phi) is 13.7. The van der Waals surface area contributed by atoms with Crippen molar-refractivity contribution in [2.24, 2.45) is 11.8 Å². The van der Waals surface area contributed by atoms with Gasteiger partial charge < -0.3 is 20.1 Å². The maximum absolute atomic E-state index is 11.5. The van der Waals surface area contributed by atoms with Crippen LogP contribution in [0.3, 0.4) is 0 Å². The van der Waals surface area contributed by atoms with E-state index in [2.05, 4.69) is 22.5 Å². The van der Waals surface area contributed by atoms with Gasteiger partial charge in [0.25, 0.3) is 0 Å². The van der Waals surface area contributed by atoms with Crippen molar-refractivity contribution in [3.63, 3.8) is 0 Å². The molecule has 0 aliphatic carbocycles. The van der Waals surface area contributed by atoms with Gasteiger partial charge in [-0.3, -0.25) is 9.59 Å². The van der Waals surface area contributed by atoms with Crippen LogP contribution in [0.15, 0.2) is 0 Å². The van der Waals surface area contributed by atoms with Gasteiger partial charge in [-0.2, -0.15) is 0 Å². The average Bonchev–Trinajstić information content (AvgIpc) is 2.54. The van der Waals surface area contributed by atoms with E-state index in [1.165, 1.54) is 10.8 Å². The summed E-state index contributed by atoms with van der Waals surface area (Å²) in [5.41, 5.74) is 0. The number of rotatable bonds is 12. The normalized spacial score (nSPS) is 11.2. The van der Waals surface area contributed by atoms with Crippen molar-refractivity contribution in [3.05, 3.63) is 0 Å². The SMILES string of the molecule is CC(C)C#CCNC(=O)COCCOC(C)(C)SSCNC(=O)C(C)C. The third kappa shape index (κ3) is 15.4. The maximum Gasteiger partial charge on any atom is 0.246 e. The number of ether oxygens (including phenoxy) is 2. The third-order valence-corrected chi connectivity index (χ3v) is 5.57. The molecule has 26 heavy (non-hydrogen) atoms. The highest BCUT2D eigenvalue weighted by Crippen LogP contribution is 2.35. The van der Waals surface area contributed by atoms with Crippen LogP contribution in [-0.4, -0.2) is 49.0 Å². The molecule has 0 aliphatic rings. The summed E-state index contributed by atoms with van der Waals surface area (Å²) in [6, 6.07) is 0. The fourth-order valence-corrected chi connectivity index (χ4v) is 3.49. The summed E-state index contributed by atoms with van der Waals surface area (Å²) in [6.45, 7) is 12.7. The largest absolute Gasteiger partial charge is 0.369 e. The van der Waals surface area contributed by atoms with Gasteiger partial charge in [-0.15, -0.1) is 0 Å². The zero-order chi connectivity index (χ0) is 20.0. The van der Waals surface area contributed by atoms with Crippen LogP contribution < -0.4 is 10.6 Å². The molecule has 6 nitrogen and oxygen atoms in total. The van der Waals surface area contributed by atoms with Crippen molar-refractivity contribution in [2.45, 2.75) is 46.5 Å². The summed E-state index contributed by atoms with van der Waals surface area (Å²) < 4.78 is 11.0. The molecule has 0 fully saturated rings. The average molecular weight is 405 g/mol. The van der Waals surface area contributed by atoms with Crippen LogP contribution in [0.2, 0.25) is 0 Å². The molecule has 0 saturated carbocycles.